The van der Waals surface area contributed by atoms with Crippen molar-refractivity contribution in [2.24, 2.45) is 4.99 Å². The Labute approximate surface area is 122 Å². The summed E-state index contributed by atoms with van der Waals surface area (Å²) in [5.74, 6) is 0.328. The van der Waals surface area contributed by atoms with Crippen LogP contribution in [0.3, 0.4) is 0 Å². The molecule has 2 heterocycles. The molecule has 0 fully saturated rings. The number of aliphatic imine (C=N–C) groups is 1. The molecule has 0 atom stereocenters. The Kier molecular flexibility index (Phi) is 3.17. The van der Waals surface area contributed by atoms with E-state index in [1.165, 1.54) is 0 Å². The summed E-state index contributed by atoms with van der Waals surface area (Å²) < 4.78 is 0. The van der Waals surface area contributed by atoms with Gasteiger partial charge in [0.25, 0.3) is 5.91 Å². The zero-order chi connectivity index (χ0) is 15.0. The van der Waals surface area contributed by atoms with Crippen molar-refractivity contribution in [3.05, 3.63) is 42.2 Å². The lowest BCUT2D eigenvalue weighted by Gasteiger charge is -2.09. The molecule has 5 nitrogen and oxygen atoms in total. The minimum Gasteiger partial charge on any atom is -0.366 e. The van der Waals surface area contributed by atoms with Crippen LogP contribution in [0.1, 0.15) is 17.4 Å². The number of aromatic nitrogens is 2. The minimum atomic E-state index is -0.326. The van der Waals surface area contributed by atoms with E-state index in [4.69, 9.17) is 0 Å². The predicted octanol–water partition coefficient (Wildman–Crippen LogP) is 2.84. The van der Waals surface area contributed by atoms with Crippen LogP contribution in [0.5, 0.6) is 0 Å². The molecule has 2 aromatic heterocycles. The molecule has 0 spiro atoms. The highest BCUT2D eigenvalue weighted by atomic mass is 16.1. The number of fused-ring (bicyclic) bond motifs is 3. The first kappa shape index (κ1) is 13.3. The average molecular weight is 280 g/mol. The van der Waals surface area contributed by atoms with E-state index in [1.54, 1.807) is 24.1 Å². The second-order valence-corrected chi connectivity index (χ2v) is 5.14. The fourth-order valence-electron chi connectivity index (χ4n) is 2.17. The highest BCUT2D eigenvalue weighted by Gasteiger charge is 2.11. The second kappa shape index (κ2) is 5.01. The Morgan fingerprint density at radius 1 is 1.19 bits per heavy atom. The van der Waals surface area contributed by atoms with E-state index in [9.17, 15) is 4.79 Å². The van der Waals surface area contributed by atoms with Crippen LogP contribution in [0.15, 0.2) is 41.5 Å². The number of rotatable bonds is 1. The molecule has 21 heavy (non-hydrogen) atoms. The molecular weight excluding hydrogens is 264 g/mol. The molecular formula is C16H16N4O. The predicted molar refractivity (Wildman–Crippen MR) is 84.7 cm³/mol. The van der Waals surface area contributed by atoms with Gasteiger partial charge in [-0.15, -0.1) is 0 Å². The summed E-state index contributed by atoms with van der Waals surface area (Å²) in [6.07, 6.45) is 1.68. The van der Waals surface area contributed by atoms with Crippen LogP contribution in [-0.2, 0) is 0 Å². The molecule has 0 saturated carbocycles. The lowest BCUT2D eigenvalue weighted by molar-refractivity contribution is 0.0997. The lowest BCUT2D eigenvalue weighted by atomic mass is 10.1. The first-order valence-corrected chi connectivity index (χ1v) is 6.69. The van der Waals surface area contributed by atoms with Crippen LogP contribution in [0.25, 0.3) is 21.8 Å². The Bertz CT molecular complexity index is 861. The molecule has 0 unspecified atom stereocenters. The van der Waals surface area contributed by atoms with Crippen molar-refractivity contribution in [1.82, 2.24) is 14.9 Å². The van der Waals surface area contributed by atoms with E-state index in [-0.39, 0.29) is 5.91 Å². The number of hydrogen-bond donors (Lipinski definition) is 1. The fraction of sp³-hybridized carbons (Fsp3) is 0.188. The zero-order valence-corrected chi connectivity index (χ0v) is 12.2. The number of amidine groups is 1. The summed E-state index contributed by atoms with van der Waals surface area (Å²) in [6, 6.07) is 9.78. The number of hydrogen-bond acceptors (Lipinski definition) is 2. The Balaban J connectivity index is 2.10. The largest absolute Gasteiger partial charge is 0.366 e. The third-order valence-corrected chi connectivity index (χ3v) is 3.52. The smallest absolute Gasteiger partial charge is 0.297 e. The van der Waals surface area contributed by atoms with Crippen LogP contribution < -0.4 is 0 Å². The van der Waals surface area contributed by atoms with Gasteiger partial charge in [0.05, 0.1) is 11.7 Å². The number of carbonyl (C=O) groups is 1. The lowest BCUT2D eigenvalue weighted by Crippen LogP contribution is -2.20. The van der Waals surface area contributed by atoms with Crippen molar-refractivity contribution < 1.29 is 4.79 Å². The van der Waals surface area contributed by atoms with E-state index in [2.05, 4.69) is 15.0 Å². The van der Waals surface area contributed by atoms with Gasteiger partial charge in [-0.3, -0.25) is 4.79 Å². The summed E-state index contributed by atoms with van der Waals surface area (Å²) in [6.45, 7) is 1.79. The van der Waals surface area contributed by atoms with Gasteiger partial charge in [0.2, 0.25) is 0 Å². The van der Waals surface area contributed by atoms with E-state index in [0.717, 1.165) is 21.8 Å². The van der Waals surface area contributed by atoms with Crippen molar-refractivity contribution in [1.29, 1.82) is 0 Å². The van der Waals surface area contributed by atoms with Crippen LogP contribution >= 0.6 is 0 Å². The van der Waals surface area contributed by atoms with E-state index in [1.807, 2.05) is 38.4 Å². The van der Waals surface area contributed by atoms with Crippen LogP contribution in [0, 0.1) is 0 Å². The molecule has 0 aliphatic carbocycles. The Morgan fingerprint density at radius 2 is 1.95 bits per heavy atom. The van der Waals surface area contributed by atoms with E-state index in [0.29, 0.717) is 11.5 Å². The molecule has 0 aliphatic heterocycles. The molecule has 0 radical (unpaired) electrons. The van der Waals surface area contributed by atoms with Gasteiger partial charge in [-0.1, -0.05) is 18.2 Å². The third-order valence-electron chi connectivity index (χ3n) is 3.52. The van der Waals surface area contributed by atoms with Crippen LogP contribution in [0.4, 0.5) is 0 Å². The number of amides is 1. The van der Waals surface area contributed by atoms with Crippen LogP contribution in [0.2, 0.25) is 0 Å². The van der Waals surface area contributed by atoms with Gasteiger partial charge in [-0.05, 0) is 19.1 Å². The van der Waals surface area contributed by atoms with Crippen molar-refractivity contribution in [3.8, 4) is 0 Å². The number of nitrogens with one attached hydrogen (secondary N) is 1. The molecule has 3 aromatic rings. The molecule has 0 bridgehead atoms. The standard InChI is InChI=1S/C16H16N4O/c1-10(20(2)3)18-16(21)14-8-12-11-6-4-5-7-13(11)19-15(12)9-17-14/h4-9,19H,1-3H3. The Hall–Kier alpha value is -2.69. The molecule has 1 N–H and O–H groups in total. The van der Waals surface area contributed by atoms with Crippen molar-refractivity contribution >= 4 is 33.5 Å². The van der Waals surface area contributed by atoms with Crippen molar-refractivity contribution in [3.63, 3.8) is 0 Å². The van der Waals surface area contributed by atoms with Gasteiger partial charge < -0.3 is 9.88 Å². The molecule has 3 rings (SSSR count). The van der Waals surface area contributed by atoms with E-state index >= 15 is 0 Å². The molecule has 5 heteroatoms. The van der Waals surface area contributed by atoms with E-state index < -0.39 is 0 Å². The molecule has 1 aromatic carbocycles. The first-order chi connectivity index (χ1) is 10.1. The van der Waals surface area contributed by atoms with Gasteiger partial charge in [-0.2, -0.15) is 4.99 Å². The fourth-order valence-corrected chi connectivity index (χ4v) is 2.17. The monoisotopic (exact) mass is 280 g/mol. The molecule has 0 aliphatic rings. The number of para-hydroxylation sites is 1. The van der Waals surface area contributed by atoms with Gasteiger partial charge >= 0.3 is 0 Å². The molecule has 0 saturated heterocycles. The van der Waals surface area contributed by atoms with Crippen molar-refractivity contribution in [2.45, 2.75) is 6.92 Å². The van der Waals surface area contributed by atoms with Gasteiger partial charge in [0, 0.05) is 30.4 Å². The Morgan fingerprint density at radius 3 is 2.71 bits per heavy atom. The third kappa shape index (κ3) is 2.38. The number of benzene rings is 1. The summed E-state index contributed by atoms with van der Waals surface area (Å²) in [4.78, 5) is 25.5. The topological polar surface area (TPSA) is 61.4 Å². The zero-order valence-electron chi connectivity index (χ0n) is 12.2. The van der Waals surface area contributed by atoms with Crippen molar-refractivity contribution in [2.75, 3.05) is 14.1 Å². The summed E-state index contributed by atoms with van der Waals surface area (Å²) in [7, 11) is 3.70. The maximum atomic E-state index is 12.2. The van der Waals surface area contributed by atoms with Gasteiger partial charge in [0.15, 0.2) is 0 Å². The SMILES string of the molecule is CC(=NC(=O)c1cc2c(cn1)[nH]c1ccccc12)N(C)C. The van der Waals surface area contributed by atoms with Gasteiger partial charge in [-0.25, -0.2) is 4.98 Å². The van der Waals surface area contributed by atoms with Crippen LogP contribution in [-0.4, -0.2) is 40.7 Å². The highest BCUT2D eigenvalue weighted by Crippen LogP contribution is 2.25. The average Bonchev–Trinajstić information content (AvgIpc) is 2.84. The number of pyridine rings is 1. The summed E-state index contributed by atoms with van der Waals surface area (Å²) >= 11 is 0. The highest BCUT2D eigenvalue weighted by molar-refractivity contribution is 6.10. The second-order valence-electron chi connectivity index (χ2n) is 5.14. The quantitative estimate of drug-likeness (QED) is 0.550. The summed E-state index contributed by atoms with van der Waals surface area (Å²) in [5, 5.41) is 2.07. The first-order valence-electron chi connectivity index (χ1n) is 6.69. The minimum absolute atomic E-state index is 0.326. The maximum absolute atomic E-state index is 12.2. The molecule has 106 valence electrons. The van der Waals surface area contributed by atoms with Gasteiger partial charge in [0.1, 0.15) is 11.5 Å². The number of aromatic amines is 1. The maximum Gasteiger partial charge on any atom is 0.297 e. The molecule has 1 amide bonds. The number of H-pyrrole nitrogens is 1. The number of carbonyl (C=O) groups excluding carboxylic acids is 1. The number of nitrogens with zero attached hydrogens (tertiary/aromatic N) is 3. The summed E-state index contributed by atoms with van der Waals surface area (Å²) in [5.41, 5.74) is 2.31. The normalized spacial score (nSPS) is 12.0.